The summed E-state index contributed by atoms with van der Waals surface area (Å²) in [6.07, 6.45) is 0.128. The number of Topliss-reactive ketones (excluding diaryl/α,β-unsaturated/α-hetero) is 1. The van der Waals surface area contributed by atoms with Crippen LogP contribution in [-0.4, -0.2) is 52.1 Å². The third-order valence-corrected chi connectivity index (χ3v) is 7.18. The lowest BCUT2D eigenvalue weighted by Crippen LogP contribution is -2.64. The Bertz CT molecular complexity index is 570. The molecule has 1 aliphatic heterocycles. The van der Waals surface area contributed by atoms with Crippen molar-refractivity contribution >= 4 is 5.78 Å². The molecule has 0 radical (unpaired) electrons. The molecule has 0 amide bonds. The van der Waals surface area contributed by atoms with Crippen LogP contribution in [0, 0.1) is 23.2 Å². The van der Waals surface area contributed by atoms with E-state index in [0.717, 1.165) is 12.0 Å². The molecule has 23 heavy (non-hydrogen) atoms. The van der Waals surface area contributed by atoms with E-state index in [9.17, 15) is 20.1 Å². The first-order valence-electron chi connectivity index (χ1n) is 8.73. The molecule has 4 rings (SSSR count). The number of fused-ring (bicyclic) bond motifs is 5. The van der Waals surface area contributed by atoms with E-state index >= 15 is 0 Å². The topological polar surface area (TPSA) is 87.0 Å². The van der Waals surface area contributed by atoms with Crippen LogP contribution in [0.15, 0.2) is 11.1 Å². The van der Waals surface area contributed by atoms with E-state index in [1.807, 2.05) is 6.92 Å². The van der Waals surface area contributed by atoms with E-state index in [-0.39, 0.29) is 29.6 Å². The molecule has 2 saturated carbocycles. The van der Waals surface area contributed by atoms with Crippen molar-refractivity contribution < 1.29 is 24.9 Å². The molecule has 2 bridgehead atoms. The maximum absolute atomic E-state index is 13.1. The molecule has 5 heteroatoms. The van der Waals surface area contributed by atoms with E-state index in [1.54, 1.807) is 6.92 Å². The number of hydrogen-bond donors (Lipinski definition) is 3. The van der Waals surface area contributed by atoms with Crippen LogP contribution in [0.1, 0.15) is 39.5 Å². The average molecular weight is 322 g/mol. The Morgan fingerprint density at radius 2 is 1.91 bits per heavy atom. The largest absolute Gasteiger partial charge is 0.392 e. The summed E-state index contributed by atoms with van der Waals surface area (Å²) in [4.78, 5) is 13.1. The van der Waals surface area contributed by atoms with Crippen LogP contribution >= 0.6 is 0 Å². The minimum Gasteiger partial charge on any atom is -0.392 e. The number of hydrogen-bond acceptors (Lipinski definition) is 5. The highest BCUT2D eigenvalue weighted by Gasteiger charge is 2.61. The second-order valence-electron chi connectivity index (χ2n) is 8.21. The van der Waals surface area contributed by atoms with E-state index in [2.05, 4.69) is 0 Å². The molecule has 4 unspecified atom stereocenters. The monoisotopic (exact) mass is 322 g/mol. The zero-order valence-corrected chi connectivity index (χ0v) is 13.7. The molecule has 5 nitrogen and oxygen atoms in total. The van der Waals surface area contributed by atoms with Gasteiger partial charge in [-0.25, -0.2) is 0 Å². The Balaban J connectivity index is 1.79. The predicted molar refractivity (Wildman–Crippen MR) is 82.5 cm³/mol. The van der Waals surface area contributed by atoms with E-state index < -0.39 is 23.7 Å². The lowest BCUT2D eigenvalue weighted by Gasteiger charge is -2.58. The van der Waals surface area contributed by atoms with Crippen LogP contribution in [0.4, 0.5) is 0 Å². The fourth-order valence-electron chi connectivity index (χ4n) is 5.47. The zero-order chi connectivity index (χ0) is 16.5. The summed E-state index contributed by atoms with van der Waals surface area (Å²) in [5.74, 6) is 0.277. The first-order valence-corrected chi connectivity index (χ1v) is 8.73. The normalized spacial score (nSPS) is 52.9. The number of aliphatic hydroxyl groups is 3. The quantitative estimate of drug-likeness (QED) is 0.575. The number of ketones is 1. The van der Waals surface area contributed by atoms with Crippen molar-refractivity contribution in [3.8, 4) is 0 Å². The van der Waals surface area contributed by atoms with Gasteiger partial charge < -0.3 is 20.1 Å². The van der Waals surface area contributed by atoms with Crippen molar-refractivity contribution in [1.29, 1.82) is 0 Å². The third-order valence-electron chi connectivity index (χ3n) is 7.18. The Morgan fingerprint density at radius 1 is 1.17 bits per heavy atom. The van der Waals surface area contributed by atoms with Crippen LogP contribution in [0.5, 0.6) is 0 Å². The summed E-state index contributed by atoms with van der Waals surface area (Å²) in [5, 5.41) is 31.7. The molecule has 3 N–H and O–H groups in total. The number of aliphatic hydroxyl groups excluding tert-OH is 3. The molecular weight excluding hydrogens is 296 g/mol. The molecule has 0 aromatic heterocycles. The van der Waals surface area contributed by atoms with Gasteiger partial charge in [0.1, 0.15) is 6.10 Å². The van der Waals surface area contributed by atoms with Crippen LogP contribution in [0.25, 0.3) is 0 Å². The Hall–Kier alpha value is -0.750. The number of carbonyl (C=O) groups is 1. The fraction of sp³-hybridized carbons (Fsp3) is 0.833. The Kier molecular flexibility index (Phi) is 3.51. The minimum absolute atomic E-state index is 0.0179. The molecule has 3 aliphatic carbocycles. The summed E-state index contributed by atoms with van der Waals surface area (Å²) in [7, 11) is 0. The molecule has 4 aliphatic rings. The molecular formula is C18H26O5. The second kappa shape index (κ2) is 5.12. The lowest BCUT2D eigenvalue weighted by atomic mass is 9.52. The number of rotatable bonds is 0. The summed E-state index contributed by atoms with van der Waals surface area (Å²) in [6, 6.07) is 0. The van der Waals surface area contributed by atoms with Crippen molar-refractivity contribution in [2.24, 2.45) is 23.2 Å². The van der Waals surface area contributed by atoms with E-state index in [4.69, 9.17) is 4.74 Å². The zero-order valence-electron chi connectivity index (χ0n) is 13.7. The Morgan fingerprint density at radius 3 is 2.57 bits per heavy atom. The van der Waals surface area contributed by atoms with Crippen LogP contribution < -0.4 is 0 Å². The standard InChI is InChI=1S/C18H26O5/c1-8-10-3-9(5-13(8)19)4-12-11-7-23-14(11)6-15(20)18(12,2)17(22)16(10)21/h9,11-16,19-21H,3-7H2,1-2H3/t9-,11?,12?,13?,14?,15+,16-,18+/m1/s1. The maximum atomic E-state index is 13.1. The van der Waals surface area contributed by atoms with E-state index in [0.29, 0.717) is 31.4 Å². The van der Waals surface area contributed by atoms with Gasteiger partial charge in [0.05, 0.1) is 30.3 Å². The van der Waals surface area contributed by atoms with Crippen molar-refractivity contribution in [3.05, 3.63) is 11.1 Å². The number of carbonyl (C=O) groups excluding carboxylic acids is 1. The van der Waals surface area contributed by atoms with Crippen molar-refractivity contribution in [3.63, 3.8) is 0 Å². The van der Waals surface area contributed by atoms with Crippen LogP contribution in [0.3, 0.4) is 0 Å². The first-order chi connectivity index (χ1) is 10.8. The molecule has 0 aromatic rings. The molecule has 1 saturated heterocycles. The fourth-order valence-corrected chi connectivity index (χ4v) is 5.47. The van der Waals surface area contributed by atoms with Crippen molar-refractivity contribution in [1.82, 2.24) is 0 Å². The van der Waals surface area contributed by atoms with Gasteiger partial charge in [-0.1, -0.05) is 0 Å². The average Bonchev–Trinajstić information content (AvgIpc) is 2.49. The summed E-state index contributed by atoms with van der Waals surface area (Å²) < 4.78 is 5.58. The van der Waals surface area contributed by atoms with Gasteiger partial charge in [-0.05, 0) is 56.1 Å². The van der Waals surface area contributed by atoms with E-state index in [1.165, 1.54) is 0 Å². The SMILES string of the molecule is CC1=C2C[C@@H](CC1O)CC1C3COC3C[C@H](O)[C@@]1(C)C(=O)[C@@H]2O. The minimum atomic E-state index is -1.20. The predicted octanol–water partition coefficient (Wildman–Crippen LogP) is 0.810. The highest BCUT2D eigenvalue weighted by Crippen LogP contribution is 2.55. The van der Waals surface area contributed by atoms with Gasteiger partial charge in [0.25, 0.3) is 0 Å². The molecule has 0 spiro atoms. The van der Waals surface area contributed by atoms with Crippen LogP contribution in [0.2, 0.25) is 0 Å². The summed E-state index contributed by atoms with van der Waals surface area (Å²) in [6.45, 7) is 4.27. The maximum Gasteiger partial charge on any atom is 0.174 e. The van der Waals surface area contributed by atoms with Crippen LogP contribution in [-0.2, 0) is 9.53 Å². The third kappa shape index (κ3) is 2.03. The lowest BCUT2D eigenvalue weighted by molar-refractivity contribution is -0.228. The second-order valence-corrected chi connectivity index (χ2v) is 8.21. The van der Waals surface area contributed by atoms with Crippen molar-refractivity contribution in [2.45, 2.75) is 63.9 Å². The van der Waals surface area contributed by atoms with Gasteiger partial charge in [0.15, 0.2) is 5.78 Å². The summed E-state index contributed by atoms with van der Waals surface area (Å²) >= 11 is 0. The van der Waals surface area contributed by atoms with Crippen molar-refractivity contribution in [2.75, 3.05) is 6.61 Å². The first kappa shape index (κ1) is 15.8. The van der Waals surface area contributed by atoms with Gasteiger partial charge in [-0.15, -0.1) is 0 Å². The van der Waals surface area contributed by atoms with Gasteiger partial charge in [-0.2, -0.15) is 0 Å². The van der Waals surface area contributed by atoms with Gasteiger partial charge in [0.2, 0.25) is 0 Å². The molecule has 0 aromatic carbocycles. The molecule has 3 fully saturated rings. The smallest absolute Gasteiger partial charge is 0.174 e. The number of ether oxygens (including phenoxy) is 1. The Labute approximate surface area is 136 Å². The van der Waals surface area contributed by atoms with Gasteiger partial charge in [-0.3, -0.25) is 4.79 Å². The summed E-state index contributed by atoms with van der Waals surface area (Å²) in [5.41, 5.74) is 0.494. The molecule has 1 heterocycles. The molecule has 8 atom stereocenters. The highest BCUT2D eigenvalue weighted by atomic mass is 16.5. The highest BCUT2D eigenvalue weighted by molar-refractivity contribution is 5.92. The van der Waals surface area contributed by atoms with Gasteiger partial charge in [0, 0.05) is 12.3 Å². The molecule has 128 valence electrons. The van der Waals surface area contributed by atoms with Gasteiger partial charge >= 0.3 is 0 Å².